The van der Waals surface area contributed by atoms with Gasteiger partial charge in [-0.25, -0.2) is 0 Å². The minimum absolute atomic E-state index is 0.0869. The van der Waals surface area contributed by atoms with Crippen molar-refractivity contribution >= 4 is 23.5 Å². The van der Waals surface area contributed by atoms with Gasteiger partial charge in [-0.1, -0.05) is 38.3 Å². The van der Waals surface area contributed by atoms with Crippen LogP contribution in [0.25, 0.3) is 0 Å². The molecule has 2 rings (SSSR count). The number of unbranched alkanes of at least 4 members (excludes halogenated alkanes) is 2. The van der Waals surface area contributed by atoms with E-state index in [4.69, 9.17) is 0 Å². The molecule has 132 valence electrons. The minimum Gasteiger partial charge on any atom is -0.389 e. The topological polar surface area (TPSA) is 57.6 Å². The fourth-order valence-corrected chi connectivity index (χ4v) is 3.84. The maximum absolute atomic E-state index is 12.1. The van der Waals surface area contributed by atoms with Crippen LogP contribution in [0.5, 0.6) is 0 Å². The molecule has 1 unspecified atom stereocenters. The molecule has 0 saturated carbocycles. The molecule has 0 bridgehead atoms. The first-order valence-electron chi connectivity index (χ1n) is 8.83. The van der Waals surface area contributed by atoms with Gasteiger partial charge >= 0.3 is 0 Å². The Bertz CT molecular complexity index is 567. The third-order valence-electron chi connectivity index (χ3n) is 4.43. The number of likely N-dealkylation sites (tertiary alicyclic amines) is 1. The van der Waals surface area contributed by atoms with E-state index < -0.39 is 6.10 Å². The van der Waals surface area contributed by atoms with Crippen molar-refractivity contribution in [2.24, 2.45) is 0 Å². The van der Waals surface area contributed by atoms with Crippen LogP contribution in [0.15, 0.2) is 24.3 Å². The summed E-state index contributed by atoms with van der Waals surface area (Å²) < 4.78 is 0. The molecule has 1 aliphatic rings. The summed E-state index contributed by atoms with van der Waals surface area (Å²) in [7, 11) is 0. The molecule has 2 atom stereocenters. The summed E-state index contributed by atoms with van der Waals surface area (Å²) in [4.78, 5) is 26.6. The van der Waals surface area contributed by atoms with E-state index in [0.717, 1.165) is 54.6 Å². The van der Waals surface area contributed by atoms with Crippen molar-refractivity contribution in [2.45, 2.75) is 64.0 Å². The van der Waals surface area contributed by atoms with Gasteiger partial charge in [0.25, 0.3) is 0 Å². The standard InChI is InChI=1S/C19H27NO3S/c1-2-3-4-5-16(22)8-6-15-7-11-19(23)20(15)13-12-17-9-10-18(14-21)24-17/h6,8-10,14-16,22H,2-5,7,11-13H2,1H3/b8-6+/t15?,16-/m0/s1. The summed E-state index contributed by atoms with van der Waals surface area (Å²) in [6.45, 7) is 2.81. The molecule has 4 nitrogen and oxygen atoms in total. The Kier molecular flexibility index (Phi) is 7.66. The number of aliphatic hydroxyl groups excluding tert-OH is 1. The molecular formula is C19H27NO3S. The fourth-order valence-electron chi connectivity index (χ4n) is 3.03. The van der Waals surface area contributed by atoms with Gasteiger partial charge in [-0.3, -0.25) is 9.59 Å². The Morgan fingerprint density at radius 3 is 2.96 bits per heavy atom. The number of rotatable bonds is 10. The van der Waals surface area contributed by atoms with Crippen molar-refractivity contribution in [1.82, 2.24) is 4.90 Å². The molecule has 24 heavy (non-hydrogen) atoms. The molecule has 1 fully saturated rings. The Morgan fingerprint density at radius 2 is 2.25 bits per heavy atom. The van der Waals surface area contributed by atoms with Crippen LogP contribution in [0.3, 0.4) is 0 Å². The first kappa shape index (κ1) is 18.9. The van der Waals surface area contributed by atoms with Gasteiger partial charge in [0.1, 0.15) is 0 Å². The summed E-state index contributed by atoms with van der Waals surface area (Å²) in [5, 5.41) is 10.0. The lowest BCUT2D eigenvalue weighted by molar-refractivity contribution is -0.128. The molecule has 5 heteroatoms. The number of hydrogen-bond acceptors (Lipinski definition) is 4. The number of aldehydes is 1. The molecule has 0 aliphatic carbocycles. The number of thiophene rings is 1. The zero-order chi connectivity index (χ0) is 17.4. The van der Waals surface area contributed by atoms with E-state index in [-0.39, 0.29) is 11.9 Å². The third-order valence-corrected chi connectivity index (χ3v) is 5.50. The maximum atomic E-state index is 12.1. The van der Waals surface area contributed by atoms with Crippen LogP contribution in [0.1, 0.15) is 60.0 Å². The van der Waals surface area contributed by atoms with Gasteiger partial charge < -0.3 is 10.0 Å². The molecule has 1 aliphatic heterocycles. The van der Waals surface area contributed by atoms with Crippen LogP contribution >= 0.6 is 11.3 Å². The number of aliphatic hydroxyl groups is 1. The second kappa shape index (κ2) is 9.74. The average Bonchev–Trinajstić information content (AvgIpc) is 3.18. The van der Waals surface area contributed by atoms with E-state index in [0.29, 0.717) is 13.0 Å². The summed E-state index contributed by atoms with van der Waals surface area (Å²) in [6, 6.07) is 3.86. The molecule has 1 saturated heterocycles. The summed E-state index contributed by atoms with van der Waals surface area (Å²) in [6.07, 6.45) is 10.6. The highest BCUT2D eigenvalue weighted by Crippen LogP contribution is 2.22. The van der Waals surface area contributed by atoms with E-state index in [9.17, 15) is 14.7 Å². The predicted octanol–water partition coefficient (Wildman–Crippen LogP) is 3.59. The van der Waals surface area contributed by atoms with Gasteiger partial charge in [0.2, 0.25) is 5.91 Å². The Labute approximate surface area is 148 Å². The molecule has 0 radical (unpaired) electrons. The number of carbonyl (C=O) groups is 2. The lowest BCUT2D eigenvalue weighted by Gasteiger charge is -2.22. The lowest BCUT2D eigenvalue weighted by atomic mass is 10.1. The molecule has 1 aromatic heterocycles. The Morgan fingerprint density at radius 1 is 1.42 bits per heavy atom. The van der Waals surface area contributed by atoms with Crippen molar-refractivity contribution < 1.29 is 14.7 Å². The molecule has 1 amide bonds. The number of carbonyl (C=O) groups excluding carboxylic acids is 2. The van der Waals surface area contributed by atoms with Crippen LogP contribution in [-0.4, -0.2) is 40.9 Å². The second-order valence-corrected chi connectivity index (χ2v) is 7.51. The highest BCUT2D eigenvalue weighted by atomic mass is 32.1. The van der Waals surface area contributed by atoms with Crippen LogP contribution in [0.4, 0.5) is 0 Å². The Balaban J connectivity index is 1.85. The quantitative estimate of drug-likeness (QED) is 0.399. The largest absolute Gasteiger partial charge is 0.389 e. The highest BCUT2D eigenvalue weighted by Gasteiger charge is 2.28. The SMILES string of the molecule is CCCCC[C@H](O)/C=C/C1CCC(=O)N1CCc1ccc(C=O)s1. The Hall–Kier alpha value is -1.46. The predicted molar refractivity (Wildman–Crippen MR) is 97.4 cm³/mol. The second-order valence-electron chi connectivity index (χ2n) is 6.31. The fraction of sp³-hybridized carbons (Fsp3) is 0.579. The molecule has 0 spiro atoms. The van der Waals surface area contributed by atoms with Gasteiger partial charge in [0.05, 0.1) is 17.0 Å². The molecule has 0 aromatic carbocycles. The third kappa shape index (κ3) is 5.56. The minimum atomic E-state index is -0.415. The van der Waals surface area contributed by atoms with E-state index in [1.807, 2.05) is 29.2 Å². The number of nitrogens with zero attached hydrogens (tertiary/aromatic N) is 1. The summed E-state index contributed by atoms with van der Waals surface area (Å²) in [5.41, 5.74) is 0. The lowest BCUT2D eigenvalue weighted by Crippen LogP contribution is -2.33. The first-order valence-corrected chi connectivity index (χ1v) is 9.65. The van der Waals surface area contributed by atoms with Gasteiger partial charge in [-0.2, -0.15) is 0 Å². The van der Waals surface area contributed by atoms with E-state index >= 15 is 0 Å². The van der Waals surface area contributed by atoms with Gasteiger partial charge in [0.15, 0.2) is 6.29 Å². The van der Waals surface area contributed by atoms with E-state index in [1.54, 1.807) is 0 Å². The maximum Gasteiger partial charge on any atom is 0.223 e. The highest BCUT2D eigenvalue weighted by molar-refractivity contribution is 7.13. The van der Waals surface area contributed by atoms with Crippen molar-refractivity contribution in [2.75, 3.05) is 6.54 Å². The molecule has 1 aromatic rings. The normalized spacial score (nSPS) is 19.3. The van der Waals surface area contributed by atoms with Crippen molar-refractivity contribution in [3.05, 3.63) is 34.0 Å². The van der Waals surface area contributed by atoms with E-state index in [2.05, 4.69) is 6.92 Å². The molecular weight excluding hydrogens is 322 g/mol. The van der Waals surface area contributed by atoms with Crippen LogP contribution in [0.2, 0.25) is 0 Å². The van der Waals surface area contributed by atoms with Crippen molar-refractivity contribution in [3.8, 4) is 0 Å². The molecule has 2 heterocycles. The smallest absolute Gasteiger partial charge is 0.223 e. The van der Waals surface area contributed by atoms with Gasteiger partial charge in [0, 0.05) is 17.8 Å². The average molecular weight is 349 g/mol. The van der Waals surface area contributed by atoms with Gasteiger partial charge in [-0.15, -0.1) is 11.3 Å². The van der Waals surface area contributed by atoms with Crippen molar-refractivity contribution in [1.29, 1.82) is 0 Å². The first-order chi connectivity index (χ1) is 11.6. The van der Waals surface area contributed by atoms with Crippen molar-refractivity contribution in [3.63, 3.8) is 0 Å². The van der Waals surface area contributed by atoms with Crippen LogP contribution < -0.4 is 0 Å². The molecule has 1 N–H and O–H groups in total. The summed E-state index contributed by atoms with van der Waals surface area (Å²) >= 11 is 1.48. The zero-order valence-corrected chi connectivity index (χ0v) is 15.1. The summed E-state index contributed by atoms with van der Waals surface area (Å²) in [5.74, 6) is 0.178. The number of hydrogen-bond donors (Lipinski definition) is 1. The number of amides is 1. The monoisotopic (exact) mass is 349 g/mol. The zero-order valence-electron chi connectivity index (χ0n) is 14.3. The van der Waals surface area contributed by atoms with Crippen LogP contribution in [0, 0.1) is 0 Å². The van der Waals surface area contributed by atoms with E-state index in [1.165, 1.54) is 11.3 Å². The van der Waals surface area contributed by atoms with Gasteiger partial charge in [-0.05, 0) is 31.4 Å². The van der Waals surface area contributed by atoms with Crippen LogP contribution in [-0.2, 0) is 11.2 Å².